The van der Waals surface area contributed by atoms with Crippen LogP contribution < -0.4 is 5.32 Å². The molecule has 1 unspecified atom stereocenters. The fourth-order valence-electron chi connectivity index (χ4n) is 2.88. The van der Waals surface area contributed by atoms with Gasteiger partial charge in [-0.3, -0.25) is 4.79 Å². The van der Waals surface area contributed by atoms with Gasteiger partial charge in [0.15, 0.2) is 0 Å². The van der Waals surface area contributed by atoms with E-state index in [0.29, 0.717) is 5.75 Å². The van der Waals surface area contributed by atoms with Gasteiger partial charge in [-0.15, -0.1) is 11.8 Å². The highest BCUT2D eigenvalue weighted by atomic mass is 32.2. The number of amides is 1. The SMILES string of the molecule is CCC(NC(=O)CSCc1ccccc1C)c1ccc(C)cc1C. The Morgan fingerprint density at radius 1 is 1.08 bits per heavy atom. The number of aryl methyl sites for hydroxylation is 3. The second-order valence-electron chi connectivity index (χ2n) is 6.31. The maximum Gasteiger partial charge on any atom is 0.230 e. The van der Waals surface area contributed by atoms with Crippen LogP contribution in [0.4, 0.5) is 0 Å². The van der Waals surface area contributed by atoms with Gasteiger partial charge < -0.3 is 5.32 Å². The average molecular weight is 342 g/mol. The summed E-state index contributed by atoms with van der Waals surface area (Å²) < 4.78 is 0. The van der Waals surface area contributed by atoms with Crippen molar-refractivity contribution in [2.24, 2.45) is 0 Å². The van der Waals surface area contributed by atoms with Crippen LogP contribution in [-0.2, 0) is 10.5 Å². The second-order valence-corrected chi connectivity index (χ2v) is 7.29. The molecular formula is C21H27NOS. The van der Waals surface area contributed by atoms with Gasteiger partial charge in [-0.1, -0.05) is 55.0 Å². The van der Waals surface area contributed by atoms with Crippen LogP contribution in [0.5, 0.6) is 0 Å². The summed E-state index contributed by atoms with van der Waals surface area (Å²) in [4.78, 5) is 12.3. The van der Waals surface area contributed by atoms with Gasteiger partial charge in [0.2, 0.25) is 5.91 Å². The van der Waals surface area contributed by atoms with E-state index in [4.69, 9.17) is 0 Å². The summed E-state index contributed by atoms with van der Waals surface area (Å²) in [7, 11) is 0. The van der Waals surface area contributed by atoms with Crippen LogP contribution in [0.3, 0.4) is 0 Å². The van der Waals surface area contributed by atoms with Gasteiger partial charge in [0, 0.05) is 5.75 Å². The normalized spacial score (nSPS) is 12.0. The van der Waals surface area contributed by atoms with Gasteiger partial charge in [-0.2, -0.15) is 0 Å². The third-order valence-electron chi connectivity index (χ3n) is 4.30. The number of thioether (sulfide) groups is 1. The number of rotatable bonds is 7. The number of benzene rings is 2. The number of carbonyl (C=O) groups excluding carboxylic acids is 1. The molecule has 2 rings (SSSR count). The minimum absolute atomic E-state index is 0.0946. The lowest BCUT2D eigenvalue weighted by atomic mass is 9.97. The fraction of sp³-hybridized carbons (Fsp3) is 0.381. The lowest BCUT2D eigenvalue weighted by Gasteiger charge is -2.20. The molecule has 128 valence electrons. The van der Waals surface area contributed by atoms with Crippen LogP contribution in [0, 0.1) is 20.8 Å². The maximum atomic E-state index is 12.3. The molecule has 0 saturated carbocycles. The first-order valence-electron chi connectivity index (χ1n) is 8.50. The number of hydrogen-bond acceptors (Lipinski definition) is 2. The summed E-state index contributed by atoms with van der Waals surface area (Å²) in [6, 6.07) is 14.9. The molecule has 0 aliphatic carbocycles. The highest BCUT2D eigenvalue weighted by Crippen LogP contribution is 2.22. The monoisotopic (exact) mass is 341 g/mol. The predicted octanol–water partition coefficient (Wildman–Crippen LogP) is 5.11. The summed E-state index contributed by atoms with van der Waals surface area (Å²) in [5, 5.41) is 3.18. The molecule has 3 heteroatoms. The summed E-state index contributed by atoms with van der Waals surface area (Å²) in [6.45, 7) is 8.44. The van der Waals surface area contributed by atoms with E-state index in [1.54, 1.807) is 11.8 Å². The Morgan fingerprint density at radius 3 is 2.50 bits per heavy atom. The van der Waals surface area contributed by atoms with Crippen LogP contribution in [0.15, 0.2) is 42.5 Å². The van der Waals surface area contributed by atoms with Gasteiger partial charge in [0.05, 0.1) is 11.8 Å². The van der Waals surface area contributed by atoms with Crippen LogP contribution in [0.1, 0.15) is 47.2 Å². The van der Waals surface area contributed by atoms with Crippen molar-refractivity contribution in [3.8, 4) is 0 Å². The third-order valence-corrected chi connectivity index (χ3v) is 5.28. The van der Waals surface area contributed by atoms with Crippen molar-refractivity contribution in [1.29, 1.82) is 0 Å². The molecule has 2 aromatic carbocycles. The first-order chi connectivity index (χ1) is 11.5. The van der Waals surface area contributed by atoms with Gasteiger partial charge in [0.25, 0.3) is 0 Å². The molecule has 2 nitrogen and oxygen atoms in total. The standard InChI is InChI=1S/C21H27NOS/c1-5-20(19-11-10-15(2)12-17(19)4)22-21(23)14-24-13-18-9-7-6-8-16(18)3/h6-12,20H,5,13-14H2,1-4H3,(H,22,23). The largest absolute Gasteiger partial charge is 0.349 e. The third kappa shape index (κ3) is 5.13. The molecule has 24 heavy (non-hydrogen) atoms. The Bertz CT molecular complexity index is 696. The van der Waals surface area contributed by atoms with Crippen molar-refractivity contribution >= 4 is 17.7 Å². The van der Waals surface area contributed by atoms with Gasteiger partial charge in [-0.25, -0.2) is 0 Å². The van der Waals surface area contributed by atoms with Crippen molar-refractivity contribution in [2.75, 3.05) is 5.75 Å². The zero-order chi connectivity index (χ0) is 17.5. The van der Waals surface area contributed by atoms with Gasteiger partial charge >= 0.3 is 0 Å². The van der Waals surface area contributed by atoms with Gasteiger partial charge in [-0.05, 0) is 49.4 Å². The number of carbonyl (C=O) groups is 1. The molecule has 0 bridgehead atoms. The molecule has 0 spiro atoms. The second kappa shape index (κ2) is 8.93. The number of hydrogen-bond donors (Lipinski definition) is 1. The molecule has 1 N–H and O–H groups in total. The molecule has 0 aromatic heterocycles. The summed E-state index contributed by atoms with van der Waals surface area (Å²) >= 11 is 1.67. The minimum Gasteiger partial charge on any atom is -0.349 e. The fourth-order valence-corrected chi connectivity index (χ4v) is 3.79. The van der Waals surface area contributed by atoms with Crippen LogP contribution in [0.2, 0.25) is 0 Å². The van der Waals surface area contributed by atoms with E-state index in [1.165, 1.54) is 27.8 Å². The molecule has 0 aliphatic heterocycles. The van der Waals surface area contributed by atoms with Gasteiger partial charge in [0.1, 0.15) is 0 Å². The lowest BCUT2D eigenvalue weighted by Crippen LogP contribution is -2.30. The summed E-state index contributed by atoms with van der Waals surface area (Å²) in [6.07, 6.45) is 0.901. The first kappa shape index (κ1) is 18.6. The van der Waals surface area contributed by atoms with Crippen LogP contribution in [-0.4, -0.2) is 11.7 Å². The summed E-state index contributed by atoms with van der Waals surface area (Å²) in [5.41, 5.74) is 6.31. The first-order valence-corrected chi connectivity index (χ1v) is 9.65. The average Bonchev–Trinajstić information content (AvgIpc) is 2.55. The highest BCUT2D eigenvalue weighted by molar-refractivity contribution is 7.99. The van der Waals surface area contributed by atoms with Crippen molar-refractivity contribution in [2.45, 2.75) is 45.9 Å². The predicted molar refractivity (Wildman–Crippen MR) is 104 cm³/mol. The Hall–Kier alpha value is -1.74. The molecule has 0 saturated heterocycles. The summed E-state index contributed by atoms with van der Waals surface area (Å²) in [5.74, 6) is 1.48. The molecule has 0 radical (unpaired) electrons. The van der Waals surface area contributed by atoms with E-state index in [0.717, 1.165) is 12.2 Å². The number of nitrogens with one attached hydrogen (secondary N) is 1. The Balaban J connectivity index is 1.89. The Morgan fingerprint density at radius 2 is 1.83 bits per heavy atom. The van der Waals surface area contributed by atoms with E-state index in [9.17, 15) is 4.79 Å². The quantitative estimate of drug-likeness (QED) is 0.758. The van der Waals surface area contributed by atoms with Crippen LogP contribution >= 0.6 is 11.8 Å². The van der Waals surface area contributed by atoms with E-state index in [-0.39, 0.29) is 11.9 Å². The minimum atomic E-state index is 0.0946. The molecule has 1 amide bonds. The van der Waals surface area contributed by atoms with E-state index in [2.05, 4.69) is 69.4 Å². The molecule has 0 heterocycles. The highest BCUT2D eigenvalue weighted by Gasteiger charge is 2.14. The molecular weight excluding hydrogens is 314 g/mol. The smallest absolute Gasteiger partial charge is 0.230 e. The van der Waals surface area contributed by atoms with Crippen molar-refractivity contribution in [1.82, 2.24) is 5.32 Å². The van der Waals surface area contributed by atoms with Crippen LogP contribution in [0.25, 0.3) is 0 Å². The zero-order valence-electron chi connectivity index (χ0n) is 15.1. The zero-order valence-corrected chi connectivity index (χ0v) is 15.9. The molecule has 0 fully saturated rings. The van der Waals surface area contributed by atoms with Crippen molar-refractivity contribution in [3.63, 3.8) is 0 Å². The van der Waals surface area contributed by atoms with E-state index < -0.39 is 0 Å². The molecule has 1 atom stereocenters. The van der Waals surface area contributed by atoms with Crippen molar-refractivity contribution in [3.05, 3.63) is 70.3 Å². The van der Waals surface area contributed by atoms with Crippen molar-refractivity contribution < 1.29 is 4.79 Å². The lowest BCUT2D eigenvalue weighted by molar-refractivity contribution is -0.119. The Labute approximate surface area is 150 Å². The topological polar surface area (TPSA) is 29.1 Å². The Kier molecular flexibility index (Phi) is 6.92. The molecule has 2 aromatic rings. The molecule has 0 aliphatic rings. The maximum absolute atomic E-state index is 12.3. The van der Waals surface area contributed by atoms with E-state index in [1.807, 2.05) is 6.07 Å². The van der Waals surface area contributed by atoms with E-state index >= 15 is 0 Å².